The predicted octanol–water partition coefficient (Wildman–Crippen LogP) is 3.03. The third-order valence-electron chi connectivity index (χ3n) is 2.68. The molecule has 1 aromatic carbocycles. The maximum absolute atomic E-state index is 13.5. The fraction of sp³-hybridized carbons (Fsp3) is 0.250. The van der Waals surface area contributed by atoms with Gasteiger partial charge in [-0.2, -0.15) is 0 Å². The molecular formula is C12H12ClFN2O2S2. The quantitative estimate of drug-likeness (QED) is 0.935. The Morgan fingerprint density at radius 3 is 2.45 bits per heavy atom. The van der Waals surface area contributed by atoms with Gasteiger partial charge in [0.05, 0.1) is 6.20 Å². The number of aryl methyl sites for hydroxylation is 2. The Hall–Kier alpha value is -1.02. The van der Waals surface area contributed by atoms with Crippen molar-refractivity contribution in [2.45, 2.75) is 24.6 Å². The first kappa shape index (κ1) is 15.4. The average molecular weight is 335 g/mol. The number of aromatic nitrogens is 1. The maximum atomic E-state index is 13.5. The summed E-state index contributed by atoms with van der Waals surface area (Å²) in [5.41, 5.74) is 1.67. The summed E-state index contributed by atoms with van der Waals surface area (Å²) in [5.74, 6) is -0.272. The van der Waals surface area contributed by atoms with Crippen molar-refractivity contribution in [2.75, 3.05) is 0 Å². The molecule has 0 fully saturated rings. The molecule has 1 N–H and O–H groups in total. The van der Waals surface area contributed by atoms with Crippen LogP contribution in [0.2, 0.25) is 4.47 Å². The zero-order valence-corrected chi connectivity index (χ0v) is 13.2. The Morgan fingerprint density at radius 2 is 1.95 bits per heavy atom. The van der Waals surface area contributed by atoms with E-state index in [-0.39, 0.29) is 21.0 Å². The number of hydrogen-bond donors (Lipinski definition) is 1. The maximum Gasteiger partial charge on any atom is 0.252 e. The number of halogens is 2. The zero-order chi connectivity index (χ0) is 14.9. The van der Waals surface area contributed by atoms with Crippen molar-refractivity contribution in [1.82, 2.24) is 9.71 Å². The molecule has 1 heterocycles. The second kappa shape index (κ2) is 5.77. The van der Waals surface area contributed by atoms with E-state index in [1.807, 2.05) is 0 Å². The fourth-order valence-electron chi connectivity index (χ4n) is 1.75. The van der Waals surface area contributed by atoms with E-state index in [0.717, 1.165) is 11.3 Å². The lowest BCUT2D eigenvalue weighted by molar-refractivity contribution is 0.582. The molecule has 0 spiro atoms. The van der Waals surface area contributed by atoms with Gasteiger partial charge in [0.15, 0.2) is 8.68 Å². The summed E-state index contributed by atoms with van der Waals surface area (Å²) < 4.78 is 40.1. The van der Waals surface area contributed by atoms with Crippen molar-refractivity contribution in [2.24, 2.45) is 0 Å². The minimum absolute atomic E-state index is 0.0538. The molecule has 2 rings (SSSR count). The van der Waals surface area contributed by atoms with Crippen molar-refractivity contribution >= 4 is 33.0 Å². The van der Waals surface area contributed by atoms with Gasteiger partial charge in [0.1, 0.15) is 5.82 Å². The highest BCUT2D eigenvalue weighted by Crippen LogP contribution is 2.22. The van der Waals surface area contributed by atoms with Gasteiger partial charge in [0, 0.05) is 6.54 Å². The lowest BCUT2D eigenvalue weighted by atomic mass is 10.1. The summed E-state index contributed by atoms with van der Waals surface area (Å²) in [5, 5.41) is 0. The molecule has 0 unspecified atom stereocenters. The third-order valence-corrected chi connectivity index (χ3v) is 5.66. The number of nitrogens with zero attached hydrogens (tertiary/aromatic N) is 1. The van der Waals surface area contributed by atoms with E-state index in [1.54, 1.807) is 26.0 Å². The molecule has 0 aliphatic rings. The van der Waals surface area contributed by atoms with Crippen LogP contribution < -0.4 is 4.72 Å². The molecule has 2 aromatic rings. The van der Waals surface area contributed by atoms with Crippen LogP contribution in [0.1, 0.15) is 16.7 Å². The first-order valence-corrected chi connectivity index (χ1v) is 8.34. The van der Waals surface area contributed by atoms with Crippen LogP contribution in [-0.2, 0) is 16.6 Å². The molecule has 20 heavy (non-hydrogen) atoms. The molecule has 0 bridgehead atoms. The Kier molecular flexibility index (Phi) is 4.43. The van der Waals surface area contributed by atoms with Gasteiger partial charge in [-0.15, -0.1) is 0 Å². The topological polar surface area (TPSA) is 59.1 Å². The molecule has 8 heteroatoms. The van der Waals surface area contributed by atoms with E-state index in [0.29, 0.717) is 16.7 Å². The number of thiazole rings is 1. The number of benzene rings is 1. The number of nitrogens with one attached hydrogen (secondary N) is 1. The van der Waals surface area contributed by atoms with Crippen molar-refractivity contribution in [1.29, 1.82) is 0 Å². The fourth-order valence-corrected chi connectivity index (χ4v) is 4.11. The second-order valence-corrected chi connectivity index (χ2v) is 7.91. The smallest absolute Gasteiger partial charge is 0.232 e. The first-order chi connectivity index (χ1) is 9.29. The molecule has 0 amide bonds. The van der Waals surface area contributed by atoms with Gasteiger partial charge in [-0.05, 0) is 30.5 Å². The lowest BCUT2D eigenvalue weighted by Crippen LogP contribution is -2.22. The summed E-state index contributed by atoms with van der Waals surface area (Å²) >= 11 is 6.50. The van der Waals surface area contributed by atoms with Gasteiger partial charge >= 0.3 is 0 Å². The van der Waals surface area contributed by atoms with Crippen molar-refractivity contribution < 1.29 is 12.8 Å². The van der Waals surface area contributed by atoms with Crippen LogP contribution >= 0.6 is 22.9 Å². The minimum atomic E-state index is -3.65. The first-order valence-electron chi connectivity index (χ1n) is 5.66. The summed E-state index contributed by atoms with van der Waals surface area (Å²) in [6, 6.07) is 3.23. The SMILES string of the molecule is Cc1cc(CNS(=O)(=O)c2cnc(Cl)s2)cc(C)c1F. The van der Waals surface area contributed by atoms with Gasteiger partial charge < -0.3 is 0 Å². The molecule has 0 saturated carbocycles. The van der Waals surface area contributed by atoms with Crippen LogP contribution in [0, 0.1) is 19.7 Å². The van der Waals surface area contributed by atoms with Crippen LogP contribution in [0.15, 0.2) is 22.5 Å². The Labute approximate surface area is 125 Å². The average Bonchev–Trinajstić information content (AvgIpc) is 2.81. The molecule has 108 valence electrons. The van der Waals surface area contributed by atoms with Crippen LogP contribution in [0.25, 0.3) is 0 Å². The van der Waals surface area contributed by atoms with Crippen molar-refractivity contribution in [3.63, 3.8) is 0 Å². The summed E-state index contributed by atoms with van der Waals surface area (Å²) in [6.45, 7) is 3.37. The van der Waals surface area contributed by atoms with Crippen LogP contribution in [-0.4, -0.2) is 13.4 Å². The van der Waals surface area contributed by atoms with E-state index in [1.165, 1.54) is 6.20 Å². The molecule has 0 aliphatic heterocycles. The van der Waals surface area contributed by atoms with Crippen LogP contribution in [0.3, 0.4) is 0 Å². The predicted molar refractivity (Wildman–Crippen MR) is 77.0 cm³/mol. The van der Waals surface area contributed by atoms with E-state index >= 15 is 0 Å². The van der Waals surface area contributed by atoms with Gasteiger partial charge in [0.25, 0.3) is 10.0 Å². The highest BCUT2D eigenvalue weighted by Gasteiger charge is 2.17. The zero-order valence-electron chi connectivity index (χ0n) is 10.8. The van der Waals surface area contributed by atoms with Gasteiger partial charge in [-0.25, -0.2) is 22.5 Å². The van der Waals surface area contributed by atoms with Crippen LogP contribution in [0.4, 0.5) is 4.39 Å². The normalized spacial score (nSPS) is 11.8. The monoisotopic (exact) mass is 334 g/mol. The van der Waals surface area contributed by atoms with E-state index < -0.39 is 10.0 Å². The van der Waals surface area contributed by atoms with Crippen LogP contribution in [0.5, 0.6) is 0 Å². The highest BCUT2D eigenvalue weighted by molar-refractivity contribution is 7.91. The number of sulfonamides is 1. The highest BCUT2D eigenvalue weighted by atomic mass is 35.5. The van der Waals surface area contributed by atoms with E-state index in [9.17, 15) is 12.8 Å². The summed E-state index contributed by atoms with van der Waals surface area (Å²) in [6.07, 6.45) is 1.20. The number of rotatable bonds is 4. The standard InChI is InChI=1S/C12H12ClFN2O2S2/c1-7-3-9(4-8(2)11(7)14)5-16-20(17,18)10-6-15-12(13)19-10/h3-4,6,16H,5H2,1-2H3. The largest absolute Gasteiger partial charge is 0.252 e. The Balaban J connectivity index is 2.16. The molecule has 4 nitrogen and oxygen atoms in total. The lowest BCUT2D eigenvalue weighted by Gasteiger charge is -2.08. The molecule has 0 aliphatic carbocycles. The summed E-state index contributed by atoms with van der Waals surface area (Å²) in [4.78, 5) is 3.69. The number of hydrogen-bond acceptors (Lipinski definition) is 4. The molecule has 0 radical (unpaired) electrons. The Morgan fingerprint density at radius 1 is 1.35 bits per heavy atom. The van der Waals surface area contributed by atoms with Crippen molar-refractivity contribution in [3.05, 3.63) is 45.3 Å². The van der Waals surface area contributed by atoms with Gasteiger partial charge in [-0.1, -0.05) is 35.1 Å². The van der Waals surface area contributed by atoms with Gasteiger partial charge in [-0.3, -0.25) is 0 Å². The molecule has 0 saturated heterocycles. The molecule has 0 atom stereocenters. The summed E-state index contributed by atoms with van der Waals surface area (Å²) in [7, 11) is -3.65. The second-order valence-electron chi connectivity index (χ2n) is 4.30. The van der Waals surface area contributed by atoms with E-state index in [4.69, 9.17) is 11.6 Å². The molecule has 1 aromatic heterocycles. The van der Waals surface area contributed by atoms with E-state index in [2.05, 4.69) is 9.71 Å². The van der Waals surface area contributed by atoms with Gasteiger partial charge in [0.2, 0.25) is 0 Å². The Bertz CT molecular complexity index is 721. The minimum Gasteiger partial charge on any atom is -0.232 e. The van der Waals surface area contributed by atoms with Crippen molar-refractivity contribution in [3.8, 4) is 0 Å². The third kappa shape index (κ3) is 3.35. The molecular weight excluding hydrogens is 323 g/mol.